The Morgan fingerprint density at radius 2 is 1.58 bits per heavy atom. The lowest BCUT2D eigenvalue weighted by Gasteiger charge is -2.05. The molecule has 1 unspecified atom stereocenters. The molecule has 0 fully saturated rings. The predicted molar refractivity (Wildman–Crippen MR) is 98.9 cm³/mol. The molecule has 4 nitrogen and oxygen atoms in total. The van der Waals surface area contributed by atoms with E-state index in [1.165, 1.54) is 25.7 Å². The lowest BCUT2D eigenvalue weighted by atomic mass is 10.2. The van der Waals surface area contributed by atoms with E-state index in [-0.39, 0.29) is 6.42 Å². The predicted octanol–water partition coefficient (Wildman–Crippen LogP) is 5.68. The summed E-state index contributed by atoms with van der Waals surface area (Å²) >= 11 is 0. The number of unbranched alkanes of at least 4 members (excludes halogenated alkanes) is 4. The van der Waals surface area contributed by atoms with Gasteiger partial charge in [0.2, 0.25) is 0 Å². The molecule has 0 aliphatic carbocycles. The summed E-state index contributed by atoms with van der Waals surface area (Å²) in [7, 11) is 0. The summed E-state index contributed by atoms with van der Waals surface area (Å²) in [5, 5.41) is 17.1. The molecule has 0 aliphatic heterocycles. The Balaban J connectivity index is 3.57. The van der Waals surface area contributed by atoms with Crippen LogP contribution in [0, 0.1) is 0 Å². The van der Waals surface area contributed by atoms with Gasteiger partial charge in [-0.15, -0.1) is 0 Å². The van der Waals surface area contributed by atoms with Gasteiger partial charge < -0.3 is 5.11 Å². The van der Waals surface area contributed by atoms with Gasteiger partial charge in [-0.05, 0) is 44.9 Å². The summed E-state index contributed by atoms with van der Waals surface area (Å²) in [6.45, 7) is 2.22. The molecule has 2 N–H and O–H groups in total. The average molecular weight is 336 g/mol. The molecule has 0 heterocycles. The zero-order chi connectivity index (χ0) is 17.9. The number of carbonyl (C=O) groups is 1. The molecule has 24 heavy (non-hydrogen) atoms. The summed E-state index contributed by atoms with van der Waals surface area (Å²) in [5.74, 6) is -1.15. The van der Waals surface area contributed by atoms with Crippen LogP contribution < -0.4 is 0 Å². The second-order valence-corrected chi connectivity index (χ2v) is 5.62. The van der Waals surface area contributed by atoms with E-state index in [0.29, 0.717) is 6.42 Å². The fourth-order valence-corrected chi connectivity index (χ4v) is 2.03. The van der Waals surface area contributed by atoms with Gasteiger partial charge in [-0.2, -0.15) is 0 Å². The van der Waals surface area contributed by atoms with E-state index < -0.39 is 12.1 Å². The van der Waals surface area contributed by atoms with Gasteiger partial charge in [0, 0.05) is 0 Å². The number of aliphatic carboxylic acids is 1. The summed E-state index contributed by atoms with van der Waals surface area (Å²) in [6, 6.07) is 0. The second kappa shape index (κ2) is 17.7. The maximum absolute atomic E-state index is 10.6. The van der Waals surface area contributed by atoms with Crippen molar-refractivity contribution in [1.29, 1.82) is 0 Å². The lowest BCUT2D eigenvalue weighted by Crippen LogP contribution is -2.21. The second-order valence-electron chi connectivity index (χ2n) is 5.62. The van der Waals surface area contributed by atoms with Crippen LogP contribution in [0.2, 0.25) is 0 Å². The molecule has 0 aromatic carbocycles. The quantitative estimate of drug-likeness (QED) is 0.133. The highest BCUT2D eigenvalue weighted by Gasteiger charge is 2.16. The third-order valence-corrected chi connectivity index (χ3v) is 3.46. The number of carboxylic acids is 1. The molecule has 0 amide bonds. The summed E-state index contributed by atoms with van der Waals surface area (Å²) in [5.41, 5.74) is 0. The van der Waals surface area contributed by atoms with Crippen LogP contribution >= 0.6 is 0 Å². The van der Waals surface area contributed by atoms with Crippen molar-refractivity contribution >= 4 is 5.97 Å². The van der Waals surface area contributed by atoms with Gasteiger partial charge in [0.25, 0.3) is 0 Å². The number of carboxylic acid groups (broad SMARTS) is 1. The Morgan fingerprint density at radius 1 is 0.917 bits per heavy atom. The molecule has 0 radical (unpaired) electrons. The monoisotopic (exact) mass is 336 g/mol. The minimum atomic E-state index is -1.15. The van der Waals surface area contributed by atoms with Gasteiger partial charge in [0.1, 0.15) is 0 Å². The maximum Gasteiger partial charge on any atom is 0.336 e. The molecule has 1 atom stereocenters. The topological polar surface area (TPSA) is 66.8 Å². The molecule has 0 saturated carbocycles. The molecular formula is C20H32O4. The minimum absolute atomic E-state index is 0.262. The Bertz CT molecular complexity index is 408. The van der Waals surface area contributed by atoms with Gasteiger partial charge in [0.15, 0.2) is 6.10 Å². The molecule has 136 valence electrons. The fraction of sp³-hybridized carbons (Fsp3) is 0.550. The maximum atomic E-state index is 10.6. The van der Waals surface area contributed by atoms with E-state index in [1.54, 1.807) is 0 Å². The van der Waals surface area contributed by atoms with Crippen LogP contribution in [0.3, 0.4) is 0 Å². The first kappa shape index (κ1) is 22.4. The largest absolute Gasteiger partial charge is 0.479 e. The van der Waals surface area contributed by atoms with E-state index in [0.717, 1.165) is 19.3 Å². The first-order valence-electron chi connectivity index (χ1n) is 8.87. The van der Waals surface area contributed by atoms with Crippen molar-refractivity contribution < 1.29 is 20.0 Å². The van der Waals surface area contributed by atoms with Crippen LogP contribution in [0.4, 0.5) is 0 Å². The van der Waals surface area contributed by atoms with Gasteiger partial charge in [-0.25, -0.2) is 9.68 Å². The minimum Gasteiger partial charge on any atom is -0.479 e. The zero-order valence-corrected chi connectivity index (χ0v) is 14.8. The first-order chi connectivity index (χ1) is 11.7. The van der Waals surface area contributed by atoms with Gasteiger partial charge in [0.05, 0.1) is 0 Å². The first-order valence-corrected chi connectivity index (χ1v) is 8.87. The molecule has 0 bridgehead atoms. The van der Waals surface area contributed by atoms with Crippen molar-refractivity contribution in [3.8, 4) is 0 Å². The van der Waals surface area contributed by atoms with Crippen molar-refractivity contribution in [2.24, 2.45) is 0 Å². The molecule has 4 heteroatoms. The number of hydrogen-bond acceptors (Lipinski definition) is 3. The Kier molecular flexibility index (Phi) is 16.5. The third kappa shape index (κ3) is 15.3. The van der Waals surface area contributed by atoms with Gasteiger partial charge in [-0.3, -0.25) is 5.26 Å². The van der Waals surface area contributed by atoms with Crippen LogP contribution in [0.1, 0.15) is 64.7 Å². The highest BCUT2D eigenvalue weighted by molar-refractivity contribution is 5.72. The van der Waals surface area contributed by atoms with E-state index in [9.17, 15) is 4.79 Å². The normalized spacial score (nSPS) is 13.8. The van der Waals surface area contributed by atoms with Crippen LogP contribution in [-0.2, 0) is 9.68 Å². The highest BCUT2D eigenvalue weighted by atomic mass is 17.1. The van der Waals surface area contributed by atoms with E-state index in [4.69, 9.17) is 10.4 Å². The molecule has 0 aromatic heterocycles. The Labute approximate surface area is 146 Å². The summed E-state index contributed by atoms with van der Waals surface area (Å²) < 4.78 is 0. The zero-order valence-electron chi connectivity index (χ0n) is 14.8. The number of rotatable bonds is 15. The van der Waals surface area contributed by atoms with Crippen molar-refractivity contribution in [2.45, 2.75) is 70.8 Å². The molecule has 0 aliphatic rings. The molecule has 0 spiro atoms. The summed E-state index contributed by atoms with van der Waals surface area (Å²) in [4.78, 5) is 14.5. The van der Waals surface area contributed by atoms with Crippen LogP contribution in [0.15, 0.2) is 48.6 Å². The standard InChI is InChI=1S/C20H32O4/c1-2-3-4-5-6-7-8-9-10-11-12-13-14-15-16-17-18-19(24-23)20(21)22/h6-7,10-13,15-16,19,23H,2-5,8-9,14,17-18H2,1H3,(H,21,22)/b7-6+,11-10+,13-12+,16-15+. The molecular weight excluding hydrogens is 304 g/mol. The van der Waals surface area contributed by atoms with Crippen LogP contribution in [0.5, 0.6) is 0 Å². The van der Waals surface area contributed by atoms with Gasteiger partial charge in [-0.1, -0.05) is 68.4 Å². The van der Waals surface area contributed by atoms with Crippen molar-refractivity contribution in [3.63, 3.8) is 0 Å². The van der Waals surface area contributed by atoms with E-state index in [1.807, 2.05) is 24.3 Å². The molecule has 0 saturated heterocycles. The summed E-state index contributed by atoms with van der Waals surface area (Å²) in [6.07, 6.45) is 24.4. The fourth-order valence-electron chi connectivity index (χ4n) is 2.03. The van der Waals surface area contributed by atoms with Crippen molar-refractivity contribution in [2.75, 3.05) is 0 Å². The highest BCUT2D eigenvalue weighted by Crippen LogP contribution is 2.03. The average Bonchev–Trinajstić information content (AvgIpc) is 2.57. The smallest absolute Gasteiger partial charge is 0.336 e. The Morgan fingerprint density at radius 3 is 2.29 bits per heavy atom. The number of allylic oxidation sites excluding steroid dienone is 8. The van der Waals surface area contributed by atoms with Crippen molar-refractivity contribution in [1.82, 2.24) is 0 Å². The van der Waals surface area contributed by atoms with E-state index in [2.05, 4.69) is 36.1 Å². The Hall–Kier alpha value is -1.65. The van der Waals surface area contributed by atoms with Gasteiger partial charge >= 0.3 is 5.97 Å². The lowest BCUT2D eigenvalue weighted by molar-refractivity contribution is -0.277. The SMILES string of the molecule is CCCCC/C=C/CC/C=C/C=C/C/C=C/CCC(OO)C(=O)O. The number of hydrogen-bond donors (Lipinski definition) is 2. The van der Waals surface area contributed by atoms with Crippen LogP contribution in [-0.4, -0.2) is 22.4 Å². The molecule has 0 aromatic rings. The molecule has 0 rings (SSSR count). The van der Waals surface area contributed by atoms with Crippen LogP contribution in [0.25, 0.3) is 0 Å². The van der Waals surface area contributed by atoms with E-state index >= 15 is 0 Å². The van der Waals surface area contributed by atoms with Crippen molar-refractivity contribution in [3.05, 3.63) is 48.6 Å². The third-order valence-electron chi connectivity index (χ3n) is 3.46.